The summed E-state index contributed by atoms with van der Waals surface area (Å²) in [7, 11) is 0. The highest BCUT2D eigenvalue weighted by Gasteiger charge is 2.02. The molecule has 0 aliphatic heterocycles. The third-order valence-electron chi connectivity index (χ3n) is 2.48. The highest BCUT2D eigenvalue weighted by molar-refractivity contribution is 6.35. The Morgan fingerprint density at radius 2 is 1.82 bits per heavy atom. The Bertz CT molecular complexity index is 553. The average Bonchev–Trinajstić information content (AvgIpc) is 2.29. The van der Waals surface area contributed by atoms with Gasteiger partial charge in [-0.15, -0.1) is 0 Å². The Labute approximate surface area is 110 Å². The summed E-state index contributed by atoms with van der Waals surface area (Å²) in [6, 6.07) is 11.0. The van der Waals surface area contributed by atoms with E-state index in [1.807, 2.05) is 25.1 Å². The number of aryl methyl sites for hydroxylation is 1. The molecular formula is C13H12Cl2N2. The van der Waals surface area contributed by atoms with Gasteiger partial charge in [-0.2, -0.15) is 0 Å². The third kappa shape index (κ3) is 2.84. The predicted octanol–water partition coefficient (Wildman–Crippen LogP) is 4.63. The normalized spacial score (nSPS) is 10.3. The van der Waals surface area contributed by atoms with Crippen molar-refractivity contribution in [2.24, 2.45) is 0 Å². The van der Waals surface area contributed by atoms with E-state index in [1.54, 1.807) is 18.2 Å². The van der Waals surface area contributed by atoms with Crippen molar-refractivity contribution in [3.8, 4) is 0 Å². The molecule has 3 N–H and O–H groups in total. The number of anilines is 3. The minimum Gasteiger partial charge on any atom is -0.399 e. The van der Waals surface area contributed by atoms with Crippen molar-refractivity contribution in [3.63, 3.8) is 0 Å². The van der Waals surface area contributed by atoms with Crippen molar-refractivity contribution in [3.05, 3.63) is 52.0 Å². The molecule has 0 radical (unpaired) electrons. The maximum Gasteiger partial charge on any atom is 0.0642 e. The molecule has 0 aliphatic rings. The van der Waals surface area contributed by atoms with E-state index in [4.69, 9.17) is 28.9 Å². The van der Waals surface area contributed by atoms with Crippen LogP contribution in [0.2, 0.25) is 10.0 Å². The fourth-order valence-electron chi connectivity index (χ4n) is 1.50. The van der Waals surface area contributed by atoms with Gasteiger partial charge in [0, 0.05) is 16.4 Å². The second-order valence-corrected chi connectivity index (χ2v) is 4.66. The van der Waals surface area contributed by atoms with Crippen molar-refractivity contribution in [2.75, 3.05) is 11.1 Å². The highest BCUT2D eigenvalue weighted by Crippen LogP contribution is 2.29. The predicted molar refractivity (Wildman–Crippen MR) is 75.3 cm³/mol. The van der Waals surface area contributed by atoms with Crippen LogP contribution < -0.4 is 11.1 Å². The number of halogens is 2. The maximum absolute atomic E-state index is 6.07. The summed E-state index contributed by atoms with van der Waals surface area (Å²) in [5, 5.41) is 4.48. The van der Waals surface area contributed by atoms with Gasteiger partial charge in [-0.05, 0) is 48.9 Å². The number of benzene rings is 2. The summed E-state index contributed by atoms with van der Waals surface area (Å²) < 4.78 is 0. The molecule has 2 aromatic rings. The summed E-state index contributed by atoms with van der Waals surface area (Å²) in [5.74, 6) is 0. The van der Waals surface area contributed by atoms with E-state index in [0.29, 0.717) is 10.0 Å². The lowest BCUT2D eigenvalue weighted by Crippen LogP contribution is -1.94. The van der Waals surface area contributed by atoms with Crippen LogP contribution in [0.15, 0.2) is 36.4 Å². The number of nitrogen functional groups attached to an aromatic ring is 1. The van der Waals surface area contributed by atoms with E-state index >= 15 is 0 Å². The van der Waals surface area contributed by atoms with Gasteiger partial charge in [0.25, 0.3) is 0 Å². The average molecular weight is 267 g/mol. The van der Waals surface area contributed by atoms with Gasteiger partial charge in [-0.25, -0.2) is 0 Å². The molecule has 0 unspecified atom stereocenters. The number of hydrogen-bond acceptors (Lipinski definition) is 2. The fourth-order valence-corrected chi connectivity index (χ4v) is 1.84. The molecular weight excluding hydrogens is 255 g/mol. The van der Waals surface area contributed by atoms with Crippen LogP contribution in [-0.4, -0.2) is 0 Å². The van der Waals surface area contributed by atoms with Gasteiger partial charge in [-0.3, -0.25) is 0 Å². The Morgan fingerprint density at radius 3 is 2.53 bits per heavy atom. The Kier molecular flexibility index (Phi) is 3.46. The van der Waals surface area contributed by atoms with Crippen molar-refractivity contribution in [2.45, 2.75) is 6.92 Å². The van der Waals surface area contributed by atoms with Gasteiger partial charge in [-0.1, -0.05) is 23.2 Å². The summed E-state index contributed by atoms with van der Waals surface area (Å²) in [6.07, 6.45) is 0. The van der Waals surface area contributed by atoms with Crippen molar-refractivity contribution >= 4 is 40.3 Å². The molecule has 2 aromatic carbocycles. The van der Waals surface area contributed by atoms with E-state index < -0.39 is 0 Å². The Hall–Kier alpha value is -1.38. The highest BCUT2D eigenvalue weighted by atomic mass is 35.5. The standard InChI is InChI=1S/C13H12Cl2N2/c1-8-6-10(3-5-12(8)16)17-13-7-9(14)2-4-11(13)15/h2-7,17H,16H2,1H3. The number of hydrogen-bond donors (Lipinski definition) is 2. The lowest BCUT2D eigenvalue weighted by Gasteiger charge is -2.10. The zero-order chi connectivity index (χ0) is 12.4. The molecule has 0 aromatic heterocycles. The van der Waals surface area contributed by atoms with Gasteiger partial charge in [0.1, 0.15) is 0 Å². The first-order chi connectivity index (χ1) is 8.06. The van der Waals surface area contributed by atoms with Crippen LogP contribution in [0.1, 0.15) is 5.56 Å². The number of nitrogens with one attached hydrogen (secondary N) is 1. The van der Waals surface area contributed by atoms with Crippen molar-refractivity contribution in [1.82, 2.24) is 0 Å². The molecule has 0 bridgehead atoms. The first-order valence-electron chi connectivity index (χ1n) is 5.14. The van der Waals surface area contributed by atoms with Gasteiger partial charge in [0.2, 0.25) is 0 Å². The summed E-state index contributed by atoms with van der Waals surface area (Å²) >= 11 is 12.0. The topological polar surface area (TPSA) is 38.0 Å². The number of rotatable bonds is 2. The quantitative estimate of drug-likeness (QED) is 0.778. The van der Waals surface area contributed by atoms with Crippen LogP contribution in [-0.2, 0) is 0 Å². The van der Waals surface area contributed by atoms with Crippen molar-refractivity contribution in [1.29, 1.82) is 0 Å². The van der Waals surface area contributed by atoms with Crippen LogP contribution in [0.4, 0.5) is 17.1 Å². The molecule has 4 heteroatoms. The van der Waals surface area contributed by atoms with E-state index in [1.165, 1.54) is 0 Å². The lowest BCUT2D eigenvalue weighted by molar-refractivity contribution is 1.45. The zero-order valence-electron chi connectivity index (χ0n) is 9.30. The summed E-state index contributed by atoms with van der Waals surface area (Å²) in [4.78, 5) is 0. The minimum atomic E-state index is 0.629. The first kappa shape index (κ1) is 12.1. The van der Waals surface area contributed by atoms with Crippen LogP contribution in [0.3, 0.4) is 0 Å². The van der Waals surface area contributed by atoms with E-state index in [-0.39, 0.29) is 0 Å². The summed E-state index contributed by atoms with van der Waals surface area (Å²) in [6.45, 7) is 1.96. The molecule has 0 spiro atoms. The molecule has 0 aliphatic carbocycles. The molecule has 0 amide bonds. The van der Waals surface area contributed by atoms with Gasteiger partial charge in [0.05, 0.1) is 10.7 Å². The molecule has 0 fully saturated rings. The van der Waals surface area contributed by atoms with Crippen LogP contribution in [0.5, 0.6) is 0 Å². The second-order valence-electron chi connectivity index (χ2n) is 3.82. The van der Waals surface area contributed by atoms with Crippen LogP contribution in [0, 0.1) is 6.92 Å². The van der Waals surface area contributed by atoms with Crippen molar-refractivity contribution < 1.29 is 0 Å². The minimum absolute atomic E-state index is 0.629. The first-order valence-corrected chi connectivity index (χ1v) is 5.90. The smallest absolute Gasteiger partial charge is 0.0642 e. The van der Waals surface area contributed by atoms with Crippen LogP contribution in [0.25, 0.3) is 0 Å². The second kappa shape index (κ2) is 4.86. The van der Waals surface area contributed by atoms with Crippen LogP contribution >= 0.6 is 23.2 Å². The lowest BCUT2D eigenvalue weighted by atomic mass is 10.2. The monoisotopic (exact) mass is 266 g/mol. The molecule has 0 saturated carbocycles. The molecule has 0 heterocycles. The van der Waals surface area contributed by atoms with Gasteiger partial charge >= 0.3 is 0 Å². The van der Waals surface area contributed by atoms with Gasteiger partial charge < -0.3 is 11.1 Å². The molecule has 2 rings (SSSR count). The van der Waals surface area contributed by atoms with Gasteiger partial charge in [0.15, 0.2) is 0 Å². The zero-order valence-corrected chi connectivity index (χ0v) is 10.8. The molecule has 17 heavy (non-hydrogen) atoms. The Morgan fingerprint density at radius 1 is 1.06 bits per heavy atom. The van der Waals surface area contributed by atoms with E-state index in [2.05, 4.69) is 5.32 Å². The number of nitrogens with two attached hydrogens (primary N) is 1. The largest absolute Gasteiger partial charge is 0.399 e. The maximum atomic E-state index is 6.07. The van der Waals surface area contributed by atoms with E-state index in [0.717, 1.165) is 22.6 Å². The molecule has 0 saturated heterocycles. The van der Waals surface area contributed by atoms with E-state index in [9.17, 15) is 0 Å². The molecule has 0 atom stereocenters. The molecule has 2 nitrogen and oxygen atoms in total. The molecule has 88 valence electrons. The summed E-state index contributed by atoms with van der Waals surface area (Å²) in [5.41, 5.74) is 9.27. The third-order valence-corrected chi connectivity index (χ3v) is 3.04. The fraction of sp³-hybridized carbons (Fsp3) is 0.0769. The SMILES string of the molecule is Cc1cc(Nc2cc(Cl)ccc2Cl)ccc1N. The Balaban J connectivity index is 2.31.